The summed E-state index contributed by atoms with van der Waals surface area (Å²) < 4.78 is 0. The maximum absolute atomic E-state index is 10.4. The predicted octanol–water partition coefficient (Wildman–Crippen LogP) is 0.622. The Bertz CT molecular complexity index is 149. The second-order valence-electron chi connectivity index (χ2n) is 3.02. The normalized spacial score (nSPS) is 25.0. The summed E-state index contributed by atoms with van der Waals surface area (Å²) in [7, 11) is 0. The zero-order valence-electron chi connectivity index (χ0n) is 6.00. The molecule has 1 unspecified atom stereocenters. The molecule has 10 heavy (non-hydrogen) atoms. The van der Waals surface area contributed by atoms with E-state index in [-0.39, 0.29) is 0 Å². The lowest BCUT2D eigenvalue weighted by Gasteiger charge is -2.39. The molecule has 0 heterocycles. The van der Waals surface area contributed by atoms with Gasteiger partial charge in [0.25, 0.3) is 0 Å². The molecular weight excluding hydrogens is 132 g/mol. The highest BCUT2D eigenvalue weighted by atomic mass is 16.4. The topological polar surface area (TPSA) is 57.5 Å². The maximum atomic E-state index is 10.4. The van der Waals surface area contributed by atoms with Crippen molar-refractivity contribution in [3.05, 3.63) is 0 Å². The van der Waals surface area contributed by atoms with Crippen molar-refractivity contribution < 1.29 is 15.0 Å². The highest BCUT2D eigenvalue weighted by molar-refractivity contribution is 5.71. The van der Waals surface area contributed by atoms with E-state index in [0.717, 1.165) is 6.42 Å². The molecule has 3 heteroatoms. The van der Waals surface area contributed by atoms with Gasteiger partial charge >= 0.3 is 5.97 Å². The van der Waals surface area contributed by atoms with Crippen molar-refractivity contribution in [2.24, 2.45) is 5.92 Å². The lowest BCUT2D eigenvalue weighted by atomic mass is 9.72. The Morgan fingerprint density at radius 2 is 2.10 bits per heavy atom. The Kier molecular flexibility index (Phi) is 1.68. The molecule has 2 N–H and O–H groups in total. The van der Waals surface area contributed by atoms with Gasteiger partial charge < -0.3 is 10.2 Å². The molecule has 0 bridgehead atoms. The Morgan fingerprint density at radius 3 is 2.20 bits per heavy atom. The molecule has 0 radical (unpaired) electrons. The Labute approximate surface area is 59.7 Å². The first kappa shape index (κ1) is 7.54. The molecule has 1 saturated carbocycles. The number of rotatable bonds is 2. The van der Waals surface area contributed by atoms with Crippen LogP contribution in [0.25, 0.3) is 0 Å². The van der Waals surface area contributed by atoms with E-state index >= 15 is 0 Å². The molecule has 0 aromatic heterocycles. The fourth-order valence-electron chi connectivity index (χ4n) is 1.20. The van der Waals surface area contributed by atoms with Crippen LogP contribution in [0.4, 0.5) is 0 Å². The highest BCUT2D eigenvalue weighted by Gasteiger charge is 2.43. The summed E-state index contributed by atoms with van der Waals surface area (Å²) in [5.41, 5.74) is -0.897. The summed E-state index contributed by atoms with van der Waals surface area (Å²) in [6.07, 6.45) is 2.23. The predicted molar refractivity (Wildman–Crippen MR) is 35.6 cm³/mol. The summed E-state index contributed by atoms with van der Waals surface area (Å²) in [6, 6.07) is 0. The monoisotopic (exact) mass is 144 g/mol. The molecule has 0 amide bonds. The quantitative estimate of drug-likeness (QED) is 0.597. The molecular formula is C7H12O3. The number of carbonyl (C=O) groups is 1. The van der Waals surface area contributed by atoms with Crippen LogP contribution in [0.1, 0.15) is 26.2 Å². The minimum atomic E-state index is -0.901. The molecule has 58 valence electrons. The molecule has 0 spiro atoms. The van der Waals surface area contributed by atoms with Gasteiger partial charge in [0.05, 0.1) is 11.5 Å². The van der Waals surface area contributed by atoms with Crippen LogP contribution in [0, 0.1) is 5.92 Å². The first-order valence-electron chi connectivity index (χ1n) is 3.51. The van der Waals surface area contributed by atoms with Crippen molar-refractivity contribution >= 4 is 5.97 Å². The molecule has 1 aliphatic rings. The van der Waals surface area contributed by atoms with Crippen LogP contribution in [0.5, 0.6) is 0 Å². The van der Waals surface area contributed by atoms with Crippen molar-refractivity contribution in [1.82, 2.24) is 0 Å². The standard InChI is InChI=1S/C7H12O3/c1-5(6(8)9)7(10)3-2-4-7/h5,10H,2-4H2,1H3,(H,8,9). The number of carboxylic acids is 1. The number of carboxylic acid groups (broad SMARTS) is 1. The molecule has 1 rings (SSSR count). The van der Waals surface area contributed by atoms with Gasteiger partial charge in [-0.05, 0) is 26.2 Å². The van der Waals surface area contributed by atoms with Crippen molar-refractivity contribution in [3.63, 3.8) is 0 Å². The number of aliphatic carboxylic acids is 1. The maximum Gasteiger partial charge on any atom is 0.309 e. The molecule has 0 aromatic rings. The second-order valence-corrected chi connectivity index (χ2v) is 3.02. The van der Waals surface area contributed by atoms with Crippen molar-refractivity contribution in [2.75, 3.05) is 0 Å². The average molecular weight is 144 g/mol. The van der Waals surface area contributed by atoms with Gasteiger partial charge in [0.1, 0.15) is 0 Å². The van der Waals surface area contributed by atoms with Gasteiger partial charge in [-0.3, -0.25) is 4.79 Å². The summed E-state index contributed by atoms with van der Waals surface area (Å²) in [5, 5.41) is 18.0. The molecule has 1 atom stereocenters. The van der Waals surface area contributed by atoms with Gasteiger partial charge in [0, 0.05) is 0 Å². The van der Waals surface area contributed by atoms with Crippen LogP contribution in [0.15, 0.2) is 0 Å². The van der Waals surface area contributed by atoms with Gasteiger partial charge in [-0.15, -0.1) is 0 Å². The summed E-state index contributed by atoms with van der Waals surface area (Å²) in [6.45, 7) is 1.56. The van der Waals surface area contributed by atoms with Gasteiger partial charge in [0.2, 0.25) is 0 Å². The van der Waals surface area contributed by atoms with E-state index in [4.69, 9.17) is 5.11 Å². The highest BCUT2D eigenvalue weighted by Crippen LogP contribution is 2.38. The van der Waals surface area contributed by atoms with Crippen molar-refractivity contribution in [1.29, 1.82) is 0 Å². The van der Waals surface area contributed by atoms with Crippen LogP contribution in [0.2, 0.25) is 0 Å². The SMILES string of the molecule is CC(C(=O)O)C1(O)CCC1. The van der Waals surface area contributed by atoms with E-state index in [0.29, 0.717) is 12.8 Å². The third-order valence-electron chi connectivity index (χ3n) is 2.40. The van der Waals surface area contributed by atoms with Crippen molar-refractivity contribution in [3.8, 4) is 0 Å². The Morgan fingerprint density at radius 1 is 1.60 bits per heavy atom. The van der Waals surface area contributed by atoms with Crippen LogP contribution in [-0.4, -0.2) is 21.8 Å². The molecule has 3 nitrogen and oxygen atoms in total. The minimum Gasteiger partial charge on any atom is -0.481 e. The average Bonchev–Trinajstić information content (AvgIpc) is 1.81. The first-order chi connectivity index (χ1) is 4.56. The molecule has 0 saturated heterocycles. The summed E-state index contributed by atoms with van der Waals surface area (Å²) in [5.74, 6) is -1.51. The van der Waals surface area contributed by atoms with Gasteiger partial charge in [-0.1, -0.05) is 0 Å². The van der Waals surface area contributed by atoms with E-state index in [9.17, 15) is 9.90 Å². The van der Waals surface area contributed by atoms with Gasteiger partial charge in [-0.2, -0.15) is 0 Å². The third kappa shape index (κ3) is 1.01. The van der Waals surface area contributed by atoms with E-state index in [2.05, 4.69) is 0 Å². The smallest absolute Gasteiger partial charge is 0.309 e. The van der Waals surface area contributed by atoms with E-state index < -0.39 is 17.5 Å². The summed E-state index contributed by atoms with van der Waals surface area (Å²) >= 11 is 0. The number of aliphatic hydroxyl groups is 1. The minimum absolute atomic E-state index is 0.610. The lowest BCUT2D eigenvalue weighted by molar-refractivity contribution is -0.158. The fourth-order valence-corrected chi connectivity index (χ4v) is 1.20. The van der Waals surface area contributed by atoms with Gasteiger partial charge in [-0.25, -0.2) is 0 Å². The van der Waals surface area contributed by atoms with Crippen LogP contribution < -0.4 is 0 Å². The largest absolute Gasteiger partial charge is 0.481 e. The van der Waals surface area contributed by atoms with E-state index in [1.807, 2.05) is 0 Å². The van der Waals surface area contributed by atoms with Crippen LogP contribution in [-0.2, 0) is 4.79 Å². The Balaban J connectivity index is 2.54. The lowest BCUT2D eigenvalue weighted by Crippen LogP contribution is -2.46. The van der Waals surface area contributed by atoms with Crippen LogP contribution in [0.3, 0.4) is 0 Å². The molecule has 1 aliphatic carbocycles. The van der Waals surface area contributed by atoms with Gasteiger partial charge in [0.15, 0.2) is 0 Å². The fraction of sp³-hybridized carbons (Fsp3) is 0.857. The molecule has 0 aromatic carbocycles. The van der Waals surface area contributed by atoms with E-state index in [1.54, 1.807) is 6.92 Å². The van der Waals surface area contributed by atoms with Crippen LogP contribution >= 0.6 is 0 Å². The zero-order valence-corrected chi connectivity index (χ0v) is 6.00. The third-order valence-corrected chi connectivity index (χ3v) is 2.40. The number of hydrogen-bond acceptors (Lipinski definition) is 2. The Hall–Kier alpha value is -0.570. The molecule has 1 fully saturated rings. The number of hydrogen-bond donors (Lipinski definition) is 2. The second kappa shape index (κ2) is 2.23. The molecule has 0 aliphatic heterocycles. The van der Waals surface area contributed by atoms with Crippen molar-refractivity contribution in [2.45, 2.75) is 31.8 Å². The summed E-state index contributed by atoms with van der Waals surface area (Å²) in [4.78, 5) is 10.4. The van der Waals surface area contributed by atoms with E-state index in [1.165, 1.54) is 0 Å². The zero-order chi connectivity index (χ0) is 7.78. The first-order valence-corrected chi connectivity index (χ1v) is 3.51.